The summed E-state index contributed by atoms with van der Waals surface area (Å²) in [6.45, 7) is 0. The molecule has 7 heteroatoms. The van der Waals surface area contributed by atoms with E-state index in [2.05, 4.69) is 16.0 Å². The summed E-state index contributed by atoms with van der Waals surface area (Å²) in [4.78, 5) is 24.2. The largest absolute Gasteiger partial charge is 0.356 e. The fraction of sp³-hybridized carbons (Fsp3) is 0. The molecule has 3 aromatic carbocycles. The first-order chi connectivity index (χ1) is 13.0. The van der Waals surface area contributed by atoms with Gasteiger partial charge in [0, 0.05) is 17.1 Å². The third kappa shape index (κ3) is 5.00. The monoisotopic (exact) mass is 399 g/mol. The first-order valence-electron chi connectivity index (χ1n) is 8.01. The zero-order valence-corrected chi connectivity index (χ0v) is 15.5. The van der Waals surface area contributed by atoms with E-state index < -0.39 is 11.8 Å². The fourth-order valence-electron chi connectivity index (χ4n) is 2.30. The van der Waals surface area contributed by atoms with Gasteiger partial charge in [-0.2, -0.15) is 0 Å². The molecule has 0 aliphatic carbocycles. The smallest absolute Gasteiger partial charge is 0.314 e. The molecule has 3 rings (SSSR count). The van der Waals surface area contributed by atoms with Crippen molar-refractivity contribution in [3.05, 3.63) is 82.8 Å². The Kier molecular flexibility index (Phi) is 5.96. The number of carbonyl (C=O) groups is 2. The van der Waals surface area contributed by atoms with Gasteiger partial charge in [-0.05, 0) is 48.5 Å². The predicted molar refractivity (Wildman–Crippen MR) is 110 cm³/mol. The number of hydrogen-bond donors (Lipinski definition) is 3. The zero-order valence-electron chi connectivity index (χ0n) is 14.0. The van der Waals surface area contributed by atoms with Crippen LogP contribution in [0.15, 0.2) is 72.8 Å². The number of halogens is 2. The maximum atomic E-state index is 12.1. The number of benzene rings is 3. The average Bonchev–Trinajstić information content (AvgIpc) is 2.67. The molecule has 0 aromatic heterocycles. The van der Waals surface area contributed by atoms with E-state index in [9.17, 15) is 9.59 Å². The Hall–Kier alpha value is -3.02. The lowest BCUT2D eigenvalue weighted by atomic mass is 10.2. The number of amides is 2. The van der Waals surface area contributed by atoms with Crippen LogP contribution in [0.5, 0.6) is 0 Å². The van der Waals surface area contributed by atoms with Gasteiger partial charge in [0.05, 0.1) is 15.7 Å². The van der Waals surface area contributed by atoms with Crippen molar-refractivity contribution in [1.29, 1.82) is 0 Å². The van der Waals surface area contributed by atoms with E-state index in [0.29, 0.717) is 5.69 Å². The molecule has 0 atom stereocenters. The Morgan fingerprint density at radius 2 is 1.11 bits per heavy atom. The van der Waals surface area contributed by atoms with Gasteiger partial charge in [-0.15, -0.1) is 0 Å². The van der Waals surface area contributed by atoms with Crippen LogP contribution in [-0.2, 0) is 9.59 Å². The van der Waals surface area contributed by atoms with Crippen molar-refractivity contribution >= 4 is 57.8 Å². The van der Waals surface area contributed by atoms with Crippen molar-refractivity contribution in [1.82, 2.24) is 0 Å². The van der Waals surface area contributed by atoms with E-state index in [1.54, 1.807) is 42.5 Å². The van der Waals surface area contributed by atoms with Crippen LogP contribution in [-0.4, -0.2) is 11.8 Å². The summed E-state index contributed by atoms with van der Waals surface area (Å²) in [5.74, 6) is -1.69. The molecule has 0 radical (unpaired) electrons. The molecule has 0 spiro atoms. The SMILES string of the molecule is O=C(Nc1ccc(Nc2ccccc2)cc1)C(=O)Nc1c(Cl)cccc1Cl. The number of rotatable bonds is 4. The molecule has 2 amide bonds. The molecule has 0 saturated heterocycles. The lowest BCUT2D eigenvalue weighted by Crippen LogP contribution is -2.29. The summed E-state index contributed by atoms with van der Waals surface area (Å²) in [5, 5.41) is 8.67. The van der Waals surface area contributed by atoms with E-state index in [0.717, 1.165) is 11.4 Å². The van der Waals surface area contributed by atoms with Crippen LogP contribution in [0.2, 0.25) is 10.0 Å². The maximum Gasteiger partial charge on any atom is 0.314 e. The Morgan fingerprint density at radius 1 is 0.593 bits per heavy atom. The standard InChI is InChI=1S/C20H15Cl2N3O2/c21-16-7-4-8-17(22)18(16)25-20(27)19(26)24-15-11-9-14(10-12-15)23-13-5-2-1-3-6-13/h1-12,23H,(H,24,26)(H,25,27). The molecule has 0 aliphatic heterocycles. The Morgan fingerprint density at radius 3 is 1.74 bits per heavy atom. The van der Waals surface area contributed by atoms with Gasteiger partial charge in [-0.25, -0.2) is 0 Å². The third-order valence-electron chi connectivity index (χ3n) is 3.61. The van der Waals surface area contributed by atoms with Gasteiger partial charge in [0.1, 0.15) is 0 Å². The van der Waals surface area contributed by atoms with Crippen LogP contribution in [0.3, 0.4) is 0 Å². The Balaban J connectivity index is 1.61. The molecular weight excluding hydrogens is 385 g/mol. The molecule has 0 aliphatic rings. The summed E-state index contributed by atoms with van der Waals surface area (Å²) < 4.78 is 0. The highest BCUT2D eigenvalue weighted by atomic mass is 35.5. The minimum absolute atomic E-state index is 0.198. The van der Waals surface area contributed by atoms with E-state index in [4.69, 9.17) is 23.2 Å². The number of nitrogens with one attached hydrogen (secondary N) is 3. The van der Waals surface area contributed by atoms with Crippen LogP contribution in [0.4, 0.5) is 22.7 Å². The molecule has 136 valence electrons. The van der Waals surface area contributed by atoms with Crippen molar-refractivity contribution in [2.24, 2.45) is 0 Å². The predicted octanol–water partition coefficient (Wildman–Crippen LogP) is 5.31. The number of hydrogen-bond acceptors (Lipinski definition) is 3. The van der Waals surface area contributed by atoms with Crippen molar-refractivity contribution in [3.8, 4) is 0 Å². The van der Waals surface area contributed by atoms with Crippen molar-refractivity contribution < 1.29 is 9.59 Å². The topological polar surface area (TPSA) is 70.2 Å². The average molecular weight is 400 g/mol. The van der Waals surface area contributed by atoms with Crippen molar-refractivity contribution in [2.45, 2.75) is 0 Å². The normalized spacial score (nSPS) is 10.1. The first kappa shape index (κ1) is 18.8. The molecule has 27 heavy (non-hydrogen) atoms. The summed E-state index contributed by atoms with van der Waals surface area (Å²) in [5.41, 5.74) is 2.49. The van der Waals surface area contributed by atoms with E-state index in [1.165, 1.54) is 0 Å². The van der Waals surface area contributed by atoms with Crippen molar-refractivity contribution in [3.63, 3.8) is 0 Å². The number of anilines is 4. The summed E-state index contributed by atoms with van der Waals surface area (Å²) in [6.07, 6.45) is 0. The van der Waals surface area contributed by atoms with Gasteiger partial charge in [-0.1, -0.05) is 47.5 Å². The zero-order chi connectivity index (χ0) is 19.2. The first-order valence-corrected chi connectivity index (χ1v) is 8.77. The van der Waals surface area contributed by atoms with Crippen molar-refractivity contribution in [2.75, 3.05) is 16.0 Å². The summed E-state index contributed by atoms with van der Waals surface area (Å²) >= 11 is 12.0. The molecule has 0 heterocycles. The number of carbonyl (C=O) groups excluding carboxylic acids is 2. The maximum absolute atomic E-state index is 12.1. The molecule has 3 N–H and O–H groups in total. The quantitative estimate of drug-likeness (QED) is 0.520. The van der Waals surface area contributed by atoms with Crippen LogP contribution in [0, 0.1) is 0 Å². The van der Waals surface area contributed by atoms with Crippen LogP contribution in [0.25, 0.3) is 0 Å². The lowest BCUT2D eigenvalue weighted by molar-refractivity contribution is -0.132. The summed E-state index contributed by atoms with van der Waals surface area (Å²) in [6, 6.07) is 21.4. The van der Waals surface area contributed by atoms with Gasteiger partial charge in [-0.3, -0.25) is 9.59 Å². The molecule has 3 aromatic rings. The van der Waals surface area contributed by atoms with Crippen LogP contribution >= 0.6 is 23.2 Å². The van der Waals surface area contributed by atoms with E-state index >= 15 is 0 Å². The molecule has 0 saturated carbocycles. The lowest BCUT2D eigenvalue weighted by Gasteiger charge is -2.10. The highest BCUT2D eigenvalue weighted by molar-refractivity contribution is 6.46. The van der Waals surface area contributed by atoms with Gasteiger partial charge in [0.2, 0.25) is 0 Å². The second-order valence-corrected chi connectivity index (χ2v) is 6.39. The van der Waals surface area contributed by atoms with E-state index in [-0.39, 0.29) is 15.7 Å². The molecule has 0 bridgehead atoms. The number of para-hydroxylation sites is 2. The highest BCUT2D eigenvalue weighted by Crippen LogP contribution is 2.29. The van der Waals surface area contributed by atoms with Gasteiger partial charge >= 0.3 is 11.8 Å². The second-order valence-electron chi connectivity index (χ2n) is 5.57. The van der Waals surface area contributed by atoms with Gasteiger partial charge in [0.15, 0.2) is 0 Å². The Bertz CT molecular complexity index is 940. The highest BCUT2D eigenvalue weighted by Gasteiger charge is 2.17. The minimum Gasteiger partial charge on any atom is -0.356 e. The van der Waals surface area contributed by atoms with Crippen LogP contribution < -0.4 is 16.0 Å². The summed E-state index contributed by atoms with van der Waals surface area (Å²) in [7, 11) is 0. The molecule has 0 fully saturated rings. The van der Waals surface area contributed by atoms with Gasteiger partial charge in [0.25, 0.3) is 0 Å². The molecular formula is C20H15Cl2N3O2. The third-order valence-corrected chi connectivity index (χ3v) is 4.24. The van der Waals surface area contributed by atoms with Gasteiger partial charge < -0.3 is 16.0 Å². The Labute approximate surface area is 166 Å². The van der Waals surface area contributed by atoms with Crippen LogP contribution in [0.1, 0.15) is 0 Å². The fourth-order valence-corrected chi connectivity index (χ4v) is 2.79. The molecule has 5 nitrogen and oxygen atoms in total. The molecule has 0 unspecified atom stereocenters. The second kappa shape index (κ2) is 8.58. The minimum atomic E-state index is -0.864. The van der Waals surface area contributed by atoms with E-state index in [1.807, 2.05) is 30.3 Å².